The van der Waals surface area contributed by atoms with Crippen molar-refractivity contribution < 1.29 is 4.74 Å². The monoisotopic (exact) mass is 354 g/mol. The number of benzene rings is 1. The molecule has 1 aromatic carbocycles. The molecule has 0 amide bonds. The number of rotatable bonds is 3. The number of halogens is 1. The first kappa shape index (κ1) is 15.7. The molecule has 0 aliphatic carbocycles. The highest BCUT2D eigenvalue weighted by atomic mass is 35.5. The second-order valence-electron chi connectivity index (χ2n) is 5.60. The Kier molecular flexibility index (Phi) is 3.73. The Labute approximate surface area is 148 Å². The molecule has 0 aliphatic heterocycles. The van der Waals surface area contributed by atoms with Crippen molar-refractivity contribution >= 4 is 33.8 Å². The van der Waals surface area contributed by atoms with Crippen LogP contribution < -0.4 is 4.74 Å². The molecule has 0 fully saturated rings. The zero-order chi connectivity index (χ0) is 17.6. The largest absolute Gasteiger partial charge is 0.477 e. The van der Waals surface area contributed by atoms with Crippen LogP contribution in [0.1, 0.15) is 18.3 Å². The number of ether oxygens (including phenoxy) is 1. The van der Waals surface area contributed by atoms with Crippen molar-refractivity contribution in [3.8, 4) is 17.1 Å². The highest BCUT2D eigenvalue weighted by Gasteiger charge is 2.17. The van der Waals surface area contributed by atoms with Crippen molar-refractivity contribution in [2.24, 2.45) is 0 Å². The minimum atomic E-state index is 0.440. The van der Waals surface area contributed by atoms with Gasteiger partial charge in [0.05, 0.1) is 40.4 Å². The van der Waals surface area contributed by atoms with Gasteiger partial charge in [-0.2, -0.15) is 5.10 Å². The van der Waals surface area contributed by atoms with Gasteiger partial charge < -0.3 is 4.74 Å². The maximum Gasteiger partial charge on any atom is 0.232 e. The molecule has 8 heteroatoms. The van der Waals surface area contributed by atoms with Gasteiger partial charge in [0.2, 0.25) is 11.5 Å². The third kappa shape index (κ3) is 2.56. The third-order valence-corrected chi connectivity index (χ3v) is 4.37. The number of fused-ring (bicyclic) bond motifs is 2. The number of hydrogen-bond donors (Lipinski definition) is 1. The molecule has 3 aromatic heterocycles. The van der Waals surface area contributed by atoms with Gasteiger partial charge >= 0.3 is 0 Å². The molecule has 0 atom stereocenters. The Morgan fingerprint density at radius 1 is 1.08 bits per heavy atom. The number of H-pyrrole nitrogens is 1. The predicted octanol–water partition coefficient (Wildman–Crippen LogP) is 3.63. The van der Waals surface area contributed by atoms with Gasteiger partial charge in [0, 0.05) is 5.56 Å². The molecular formula is C17H15ClN6O. The fourth-order valence-corrected chi connectivity index (χ4v) is 2.92. The van der Waals surface area contributed by atoms with Crippen LogP contribution in [0, 0.1) is 13.8 Å². The first-order valence-electron chi connectivity index (χ1n) is 7.86. The minimum absolute atomic E-state index is 0.440. The molecule has 0 radical (unpaired) electrons. The lowest BCUT2D eigenvalue weighted by Crippen LogP contribution is -1.97. The third-order valence-electron chi connectivity index (χ3n) is 3.99. The van der Waals surface area contributed by atoms with E-state index >= 15 is 0 Å². The standard InChI is InChI=1S/C17H15ClN6O/c1-4-25-12-7-19-11-6-5-10(13(18)15(11)22-12)14-16-17(24-23-14)21-9(3)8(2)20-16/h5-7H,4H2,1-3H3,(H,21,23,24). The van der Waals surface area contributed by atoms with E-state index in [-0.39, 0.29) is 0 Å². The molecule has 4 aromatic rings. The molecule has 0 bridgehead atoms. The SMILES string of the molecule is CCOc1cnc2ccc(-c3[nH]nc4nc(C)c(C)nc34)c(Cl)c2n1. The van der Waals surface area contributed by atoms with Crippen molar-refractivity contribution in [3.63, 3.8) is 0 Å². The first-order valence-corrected chi connectivity index (χ1v) is 8.24. The molecule has 126 valence electrons. The van der Waals surface area contributed by atoms with Crippen LogP contribution in [-0.2, 0) is 0 Å². The Hall–Kier alpha value is -2.80. The molecule has 4 rings (SSSR count). The van der Waals surface area contributed by atoms with Gasteiger partial charge in [0.15, 0.2) is 0 Å². The van der Waals surface area contributed by atoms with Crippen molar-refractivity contribution in [2.45, 2.75) is 20.8 Å². The summed E-state index contributed by atoms with van der Waals surface area (Å²) in [5.74, 6) is 0.440. The Bertz CT molecular complexity index is 1110. The predicted molar refractivity (Wildman–Crippen MR) is 95.9 cm³/mol. The molecule has 0 saturated heterocycles. The molecule has 0 spiro atoms. The smallest absolute Gasteiger partial charge is 0.232 e. The molecule has 0 saturated carbocycles. The van der Waals surface area contributed by atoms with Crippen molar-refractivity contribution in [1.82, 2.24) is 30.1 Å². The van der Waals surface area contributed by atoms with E-state index in [4.69, 9.17) is 16.3 Å². The number of aromatic amines is 1. The van der Waals surface area contributed by atoms with E-state index in [0.29, 0.717) is 45.4 Å². The van der Waals surface area contributed by atoms with Crippen LogP contribution >= 0.6 is 11.6 Å². The second-order valence-corrected chi connectivity index (χ2v) is 5.98. The summed E-state index contributed by atoms with van der Waals surface area (Å²) >= 11 is 6.62. The summed E-state index contributed by atoms with van der Waals surface area (Å²) in [6.07, 6.45) is 1.59. The number of nitrogens with zero attached hydrogens (tertiary/aromatic N) is 5. The van der Waals surface area contributed by atoms with Gasteiger partial charge in [0.1, 0.15) is 11.0 Å². The number of hydrogen-bond acceptors (Lipinski definition) is 6. The summed E-state index contributed by atoms with van der Waals surface area (Å²) in [5, 5.41) is 7.71. The topological polar surface area (TPSA) is 89.5 Å². The average molecular weight is 355 g/mol. The molecule has 0 unspecified atom stereocenters. The van der Waals surface area contributed by atoms with E-state index in [2.05, 4.69) is 30.1 Å². The quantitative estimate of drug-likeness (QED) is 0.604. The van der Waals surface area contributed by atoms with Crippen LogP contribution in [0.15, 0.2) is 18.3 Å². The molecule has 3 heterocycles. The zero-order valence-corrected chi connectivity index (χ0v) is 14.7. The van der Waals surface area contributed by atoms with E-state index in [1.807, 2.05) is 32.9 Å². The van der Waals surface area contributed by atoms with Crippen LogP contribution in [-0.4, -0.2) is 36.7 Å². The van der Waals surface area contributed by atoms with Gasteiger partial charge in [-0.05, 0) is 32.9 Å². The van der Waals surface area contributed by atoms with Crippen LogP contribution in [0.25, 0.3) is 33.5 Å². The zero-order valence-electron chi connectivity index (χ0n) is 14.0. The Morgan fingerprint density at radius 3 is 2.68 bits per heavy atom. The normalized spacial score (nSPS) is 11.4. The molecule has 25 heavy (non-hydrogen) atoms. The number of aromatic nitrogens is 6. The summed E-state index contributed by atoms with van der Waals surface area (Å²) < 4.78 is 5.42. The van der Waals surface area contributed by atoms with Crippen molar-refractivity contribution in [2.75, 3.05) is 6.61 Å². The fraction of sp³-hybridized carbons (Fsp3) is 0.235. The Balaban J connectivity index is 1.95. The van der Waals surface area contributed by atoms with Crippen LogP contribution in [0.5, 0.6) is 5.88 Å². The van der Waals surface area contributed by atoms with Gasteiger partial charge in [-0.25, -0.2) is 19.9 Å². The van der Waals surface area contributed by atoms with Crippen LogP contribution in [0.3, 0.4) is 0 Å². The number of nitrogens with one attached hydrogen (secondary N) is 1. The van der Waals surface area contributed by atoms with Crippen LogP contribution in [0.2, 0.25) is 5.02 Å². The Morgan fingerprint density at radius 2 is 1.88 bits per heavy atom. The lowest BCUT2D eigenvalue weighted by molar-refractivity contribution is 0.327. The lowest BCUT2D eigenvalue weighted by Gasteiger charge is -2.07. The molecular weight excluding hydrogens is 340 g/mol. The average Bonchev–Trinajstić information content (AvgIpc) is 2.99. The second kappa shape index (κ2) is 5.93. The van der Waals surface area contributed by atoms with Crippen LogP contribution in [0.4, 0.5) is 0 Å². The van der Waals surface area contributed by atoms with Gasteiger partial charge in [-0.3, -0.25) is 5.10 Å². The van der Waals surface area contributed by atoms with Gasteiger partial charge in [-0.15, -0.1) is 0 Å². The maximum absolute atomic E-state index is 6.62. The lowest BCUT2D eigenvalue weighted by atomic mass is 10.1. The van der Waals surface area contributed by atoms with E-state index < -0.39 is 0 Å². The summed E-state index contributed by atoms with van der Waals surface area (Å²) in [5.41, 5.74) is 5.66. The highest BCUT2D eigenvalue weighted by molar-refractivity contribution is 6.38. The van der Waals surface area contributed by atoms with Gasteiger partial charge in [0.25, 0.3) is 0 Å². The summed E-state index contributed by atoms with van der Waals surface area (Å²) in [6, 6.07) is 3.74. The summed E-state index contributed by atoms with van der Waals surface area (Å²) in [6.45, 7) is 6.23. The van der Waals surface area contributed by atoms with Crippen molar-refractivity contribution in [3.05, 3.63) is 34.7 Å². The highest BCUT2D eigenvalue weighted by Crippen LogP contribution is 2.35. The van der Waals surface area contributed by atoms with E-state index in [1.54, 1.807) is 6.20 Å². The van der Waals surface area contributed by atoms with E-state index in [9.17, 15) is 0 Å². The summed E-state index contributed by atoms with van der Waals surface area (Å²) in [4.78, 5) is 17.9. The van der Waals surface area contributed by atoms with Gasteiger partial charge in [-0.1, -0.05) is 11.6 Å². The van der Waals surface area contributed by atoms with E-state index in [0.717, 1.165) is 17.0 Å². The minimum Gasteiger partial charge on any atom is -0.477 e. The maximum atomic E-state index is 6.62. The summed E-state index contributed by atoms with van der Waals surface area (Å²) in [7, 11) is 0. The fourth-order valence-electron chi connectivity index (χ4n) is 2.63. The molecule has 0 aliphatic rings. The van der Waals surface area contributed by atoms with Crippen molar-refractivity contribution in [1.29, 1.82) is 0 Å². The first-order chi connectivity index (χ1) is 12.1. The molecule has 1 N–H and O–H groups in total. The van der Waals surface area contributed by atoms with E-state index in [1.165, 1.54) is 0 Å². The molecule has 7 nitrogen and oxygen atoms in total. The number of aryl methyl sites for hydroxylation is 2.